The van der Waals surface area contributed by atoms with Crippen molar-refractivity contribution in [3.05, 3.63) is 76.6 Å². The van der Waals surface area contributed by atoms with Crippen LogP contribution in [0.25, 0.3) is 11.5 Å². The van der Waals surface area contributed by atoms with Gasteiger partial charge in [-0.2, -0.15) is 0 Å². The standard InChI is InChI=1S/C23H24ClN3O2/c1-16-21(26-23(29-16)19-9-5-6-10-20(19)24)15-27(13-17-7-3-2-4-8-17)14-18-11-12-22(28)25-18/h2-10,18H,11-15H2,1H3,(H,25,28)/t18-/m0/s1. The van der Waals surface area contributed by atoms with Crippen molar-refractivity contribution in [2.75, 3.05) is 6.54 Å². The summed E-state index contributed by atoms with van der Waals surface area (Å²) in [5, 5.41) is 3.69. The number of benzene rings is 2. The molecule has 0 spiro atoms. The molecule has 2 aromatic carbocycles. The van der Waals surface area contributed by atoms with Crippen molar-refractivity contribution in [3.8, 4) is 11.5 Å². The molecule has 1 fully saturated rings. The van der Waals surface area contributed by atoms with E-state index in [0.29, 0.717) is 23.9 Å². The first kappa shape index (κ1) is 19.7. The third-order valence-electron chi connectivity index (χ3n) is 5.18. The lowest BCUT2D eigenvalue weighted by atomic mass is 10.1. The molecule has 1 aliphatic rings. The van der Waals surface area contributed by atoms with E-state index in [-0.39, 0.29) is 11.9 Å². The van der Waals surface area contributed by atoms with Gasteiger partial charge in [-0.15, -0.1) is 0 Å². The number of hydrogen-bond acceptors (Lipinski definition) is 4. The van der Waals surface area contributed by atoms with Gasteiger partial charge < -0.3 is 9.73 Å². The van der Waals surface area contributed by atoms with Crippen molar-refractivity contribution in [1.29, 1.82) is 0 Å². The highest BCUT2D eigenvalue weighted by Crippen LogP contribution is 2.29. The predicted octanol–water partition coefficient (Wildman–Crippen LogP) is 4.58. The highest BCUT2D eigenvalue weighted by Gasteiger charge is 2.24. The Kier molecular flexibility index (Phi) is 5.97. The van der Waals surface area contributed by atoms with E-state index < -0.39 is 0 Å². The molecule has 0 radical (unpaired) electrons. The molecule has 6 heteroatoms. The first-order valence-corrected chi connectivity index (χ1v) is 10.2. The molecule has 4 rings (SSSR count). The van der Waals surface area contributed by atoms with Gasteiger partial charge in [0, 0.05) is 32.1 Å². The maximum atomic E-state index is 11.6. The van der Waals surface area contributed by atoms with Gasteiger partial charge in [-0.3, -0.25) is 9.69 Å². The number of nitrogens with zero attached hydrogens (tertiary/aromatic N) is 2. The smallest absolute Gasteiger partial charge is 0.228 e. The Labute approximate surface area is 175 Å². The Balaban J connectivity index is 1.55. The summed E-state index contributed by atoms with van der Waals surface area (Å²) in [7, 11) is 0. The first-order chi connectivity index (χ1) is 14.1. The summed E-state index contributed by atoms with van der Waals surface area (Å²) in [5.74, 6) is 1.46. The monoisotopic (exact) mass is 409 g/mol. The van der Waals surface area contributed by atoms with Crippen LogP contribution in [0.1, 0.15) is 29.9 Å². The van der Waals surface area contributed by atoms with E-state index >= 15 is 0 Å². The number of carbonyl (C=O) groups excluding carboxylic acids is 1. The molecule has 1 N–H and O–H groups in total. The number of aromatic nitrogens is 1. The van der Waals surface area contributed by atoms with Crippen LogP contribution >= 0.6 is 11.6 Å². The summed E-state index contributed by atoms with van der Waals surface area (Å²) in [5.41, 5.74) is 2.91. The molecule has 5 nitrogen and oxygen atoms in total. The summed E-state index contributed by atoms with van der Waals surface area (Å²) in [4.78, 5) is 18.7. The summed E-state index contributed by atoms with van der Waals surface area (Å²) >= 11 is 6.31. The molecule has 0 saturated carbocycles. The minimum absolute atomic E-state index is 0.133. The second-order valence-electron chi connectivity index (χ2n) is 7.46. The van der Waals surface area contributed by atoms with Crippen molar-refractivity contribution in [3.63, 3.8) is 0 Å². The number of aryl methyl sites for hydroxylation is 1. The fourth-order valence-electron chi connectivity index (χ4n) is 3.69. The number of rotatable bonds is 7. The van der Waals surface area contributed by atoms with Gasteiger partial charge in [0.25, 0.3) is 0 Å². The molecule has 0 bridgehead atoms. The fraction of sp³-hybridized carbons (Fsp3) is 0.304. The van der Waals surface area contributed by atoms with Crippen LogP contribution in [0.4, 0.5) is 0 Å². The minimum Gasteiger partial charge on any atom is -0.441 e. The summed E-state index contributed by atoms with van der Waals surface area (Å²) in [6.45, 7) is 4.12. The van der Waals surface area contributed by atoms with Gasteiger partial charge in [0.2, 0.25) is 11.8 Å². The van der Waals surface area contributed by atoms with Gasteiger partial charge in [0.1, 0.15) is 5.76 Å². The van der Waals surface area contributed by atoms with Crippen LogP contribution in [0.5, 0.6) is 0 Å². The molecule has 0 aliphatic carbocycles. The van der Waals surface area contributed by atoms with Crippen LogP contribution in [-0.2, 0) is 17.9 Å². The van der Waals surface area contributed by atoms with E-state index in [1.807, 2.05) is 49.4 Å². The maximum absolute atomic E-state index is 11.6. The Bertz CT molecular complexity index is 987. The average molecular weight is 410 g/mol. The Morgan fingerprint density at radius 2 is 1.90 bits per heavy atom. The van der Waals surface area contributed by atoms with Gasteiger partial charge in [0.15, 0.2) is 0 Å². The van der Waals surface area contributed by atoms with Crippen LogP contribution in [0.15, 0.2) is 59.0 Å². The largest absolute Gasteiger partial charge is 0.441 e. The lowest BCUT2D eigenvalue weighted by Crippen LogP contribution is -2.38. The summed E-state index contributed by atoms with van der Waals surface area (Å²) < 4.78 is 5.93. The molecule has 1 saturated heterocycles. The summed E-state index contributed by atoms with van der Waals surface area (Å²) in [6.07, 6.45) is 1.47. The Hall–Kier alpha value is -2.63. The molecule has 150 valence electrons. The molecular weight excluding hydrogens is 386 g/mol. The van der Waals surface area contributed by atoms with Gasteiger partial charge >= 0.3 is 0 Å². The molecule has 1 aliphatic heterocycles. The molecule has 29 heavy (non-hydrogen) atoms. The van der Waals surface area contributed by atoms with Crippen molar-refractivity contribution in [1.82, 2.24) is 15.2 Å². The lowest BCUT2D eigenvalue weighted by Gasteiger charge is -2.25. The number of carbonyl (C=O) groups is 1. The van der Waals surface area contributed by atoms with Gasteiger partial charge in [0.05, 0.1) is 16.3 Å². The molecule has 0 unspecified atom stereocenters. The quantitative estimate of drug-likeness (QED) is 0.620. The fourth-order valence-corrected chi connectivity index (χ4v) is 3.91. The molecule has 1 atom stereocenters. The number of nitrogens with one attached hydrogen (secondary N) is 1. The lowest BCUT2D eigenvalue weighted by molar-refractivity contribution is -0.119. The molecular formula is C23H24ClN3O2. The maximum Gasteiger partial charge on any atom is 0.228 e. The Morgan fingerprint density at radius 1 is 1.14 bits per heavy atom. The zero-order chi connectivity index (χ0) is 20.2. The third-order valence-corrected chi connectivity index (χ3v) is 5.51. The molecule has 1 aromatic heterocycles. The van der Waals surface area contributed by atoms with Gasteiger partial charge in [-0.25, -0.2) is 4.98 Å². The summed E-state index contributed by atoms with van der Waals surface area (Å²) in [6, 6.07) is 18.1. The van der Waals surface area contributed by atoms with Crippen LogP contribution in [0, 0.1) is 6.92 Å². The second-order valence-corrected chi connectivity index (χ2v) is 7.87. The zero-order valence-electron chi connectivity index (χ0n) is 16.4. The van der Waals surface area contributed by atoms with Crippen molar-refractivity contribution in [2.45, 2.75) is 38.9 Å². The molecule has 3 aromatic rings. The van der Waals surface area contributed by atoms with Crippen molar-refractivity contribution < 1.29 is 9.21 Å². The van der Waals surface area contributed by atoms with E-state index in [4.69, 9.17) is 21.0 Å². The molecule has 1 amide bonds. The average Bonchev–Trinajstić information content (AvgIpc) is 3.28. The van der Waals surface area contributed by atoms with E-state index in [0.717, 1.165) is 36.5 Å². The molecule has 2 heterocycles. The van der Waals surface area contributed by atoms with E-state index in [1.54, 1.807) is 0 Å². The highest BCUT2D eigenvalue weighted by atomic mass is 35.5. The predicted molar refractivity (Wildman–Crippen MR) is 113 cm³/mol. The number of amides is 1. The number of hydrogen-bond donors (Lipinski definition) is 1. The highest BCUT2D eigenvalue weighted by molar-refractivity contribution is 6.33. The third kappa shape index (κ3) is 4.86. The van der Waals surface area contributed by atoms with Gasteiger partial charge in [-0.1, -0.05) is 54.1 Å². The normalized spacial score (nSPS) is 16.4. The first-order valence-electron chi connectivity index (χ1n) is 9.85. The van der Waals surface area contributed by atoms with Crippen LogP contribution < -0.4 is 5.32 Å². The SMILES string of the molecule is Cc1oc(-c2ccccc2Cl)nc1CN(Cc1ccccc1)C[C@@H]1CCC(=O)N1. The van der Waals surface area contributed by atoms with Crippen LogP contribution in [-0.4, -0.2) is 28.4 Å². The van der Waals surface area contributed by atoms with Crippen LogP contribution in [0.2, 0.25) is 5.02 Å². The van der Waals surface area contributed by atoms with Crippen LogP contribution in [0.3, 0.4) is 0 Å². The van der Waals surface area contributed by atoms with Crippen molar-refractivity contribution in [2.24, 2.45) is 0 Å². The van der Waals surface area contributed by atoms with E-state index in [2.05, 4.69) is 22.3 Å². The zero-order valence-corrected chi connectivity index (χ0v) is 17.2. The Morgan fingerprint density at radius 3 is 2.62 bits per heavy atom. The minimum atomic E-state index is 0.133. The second kappa shape index (κ2) is 8.80. The van der Waals surface area contributed by atoms with Crippen molar-refractivity contribution >= 4 is 17.5 Å². The topological polar surface area (TPSA) is 58.4 Å². The van der Waals surface area contributed by atoms with E-state index in [9.17, 15) is 4.79 Å². The number of oxazole rings is 1. The van der Waals surface area contributed by atoms with Gasteiger partial charge in [-0.05, 0) is 31.0 Å². The van der Waals surface area contributed by atoms with E-state index in [1.165, 1.54) is 5.56 Å². The number of halogens is 1.